The van der Waals surface area contributed by atoms with E-state index in [0.717, 1.165) is 32.8 Å². The van der Waals surface area contributed by atoms with Gasteiger partial charge in [0.15, 0.2) is 0 Å². The predicted molar refractivity (Wildman–Crippen MR) is 81.8 cm³/mol. The first-order chi connectivity index (χ1) is 9.68. The van der Waals surface area contributed by atoms with Crippen LogP contribution in [0.4, 0.5) is 5.69 Å². The minimum Gasteiger partial charge on any atom is -0.481 e. The van der Waals surface area contributed by atoms with Gasteiger partial charge in [0.1, 0.15) is 0 Å². The average molecular weight is 265 g/mol. The predicted octanol–water partition coefficient (Wildman–Crippen LogP) is 3.59. The Morgan fingerprint density at radius 3 is 1.80 bits per heavy atom. The molecule has 3 aromatic rings. The van der Waals surface area contributed by atoms with Crippen molar-refractivity contribution in [3.05, 3.63) is 54.1 Å². The molecule has 0 saturated carbocycles. The SMILES string of the molecule is Nc1c2ccccc2c(CCC(=O)O)c2ccccc12. The molecule has 0 bridgehead atoms. The average Bonchev–Trinajstić information content (AvgIpc) is 2.47. The van der Waals surface area contributed by atoms with Crippen LogP contribution in [0.1, 0.15) is 12.0 Å². The Balaban J connectivity index is 2.37. The van der Waals surface area contributed by atoms with Gasteiger partial charge in [-0.05, 0) is 22.8 Å². The maximum atomic E-state index is 10.9. The van der Waals surface area contributed by atoms with Gasteiger partial charge in [-0.2, -0.15) is 0 Å². The van der Waals surface area contributed by atoms with Crippen molar-refractivity contribution in [1.82, 2.24) is 0 Å². The molecule has 0 aromatic heterocycles. The smallest absolute Gasteiger partial charge is 0.303 e. The first kappa shape index (κ1) is 12.5. The molecule has 20 heavy (non-hydrogen) atoms. The number of nitrogen functional groups attached to an aromatic ring is 1. The van der Waals surface area contributed by atoms with Crippen LogP contribution in [0.15, 0.2) is 48.5 Å². The number of rotatable bonds is 3. The summed E-state index contributed by atoms with van der Waals surface area (Å²) < 4.78 is 0. The summed E-state index contributed by atoms with van der Waals surface area (Å²) in [6.45, 7) is 0. The number of carboxylic acids is 1. The second-order valence-electron chi connectivity index (χ2n) is 4.88. The second-order valence-corrected chi connectivity index (χ2v) is 4.88. The van der Waals surface area contributed by atoms with Crippen molar-refractivity contribution < 1.29 is 9.90 Å². The fourth-order valence-corrected chi connectivity index (χ4v) is 2.75. The van der Waals surface area contributed by atoms with Gasteiger partial charge in [-0.25, -0.2) is 0 Å². The lowest BCUT2D eigenvalue weighted by Gasteiger charge is -2.13. The lowest BCUT2D eigenvalue weighted by Crippen LogP contribution is -2.00. The quantitative estimate of drug-likeness (QED) is 0.562. The zero-order valence-electron chi connectivity index (χ0n) is 11.0. The van der Waals surface area contributed by atoms with Crippen LogP contribution in [0.3, 0.4) is 0 Å². The van der Waals surface area contributed by atoms with Crippen LogP contribution in [0.5, 0.6) is 0 Å². The van der Waals surface area contributed by atoms with E-state index in [9.17, 15) is 4.79 Å². The normalized spacial score (nSPS) is 11.0. The first-order valence-electron chi connectivity index (χ1n) is 6.58. The van der Waals surface area contributed by atoms with Crippen LogP contribution in [-0.4, -0.2) is 11.1 Å². The molecule has 0 aliphatic carbocycles. The summed E-state index contributed by atoms with van der Waals surface area (Å²) in [4.78, 5) is 10.9. The highest BCUT2D eigenvalue weighted by Gasteiger charge is 2.12. The molecule has 0 unspecified atom stereocenters. The standard InChI is InChI=1S/C17H15NO2/c18-17-14-7-3-1-5-11(14)13(9-10-16(19)20)12-6-2-4-8-15(12)17/h1-8H,9-10,18H2,(H,19,20). The van der Waals surface area contributed by atoms with Gasteiger partial charge in [0.25, 0.3) is 0 Å². The number of hydrogen-bond donors (Lipinski definition) is 2. The monoisotopic (exact) mass is 265 g/mol. The van der Waals surface area contributed by atoms with Gasteiger partial charge in [-0.15, -0.1) is 0 Å². The maximum Gasteiger partial charge on any atom is 0.303 e. The molecule has 3 heteroatoms. The zero-order chi connectivity index (χ0) is 14.1. The minimum absolute atomic E-state index is 0.123. The molecule has 0 spiro atoms. The van der Waals surface area contributed by atoms with Gasteiger partial charge in [-0.3, -0.25) is 4.79 Å². The van der Waals surface area contributed by atoms with Gasteiger partial charge in [0.05, 0.1) is 0 Å². The van der Waals surface area contributed by atoms with Gasteiger partial charge in [-0.1, -0.05) is 48.5 Å². The maximum absolute atomic E-state index is 10.9. The third kappa shape index (κ3) is 1.97. The van der Waals surface area contributed by atoms with Crippen molar-refractivity contribution in [2.24, 2.45) is 0 Å². The number of hydrogen-bond acceptors (Lipinski definition) is 2. The van der Waals surface area contributed by atoms with E-state index in [-0.39, 0.29) is 6.42 Å². The van der Waals surface area contributed by atoms with Gasteiger partial charge in [0.2, 0.25) is 0 Å². The van der Waals surface area contributed by atoms with E-state index in [0.29, 0.717) is 6.42 Å². The van der Waals surface area contributed by atoms with Crippen molar-refractivity contribution >= 4 is 33.2 Å². The molecule has 0 aliphatic heterocycles. The van der Waals surface area contributed by atoms with Crippen molar-refractivity contribution in [2.75, 3.05) is 5.73 Å². The van der Waals surface area contributed by atoms with Crippen molar-refractivity contribution in [2.45, 2.75) is 12.8 Å². The Hall–Kier alpha value is -2.55. The second kappa shape index (κ2) is 4.85. The van der Waals surface area contributed by atoms with E-state index in [4.69, 9.17) is 10.8 Å². The number of benzene rings is 3. The summed E-state index contributed by atoms with van der Waals surface area (Å²) in [6, 6.07) is 15.8. The Morgan fingerprint density at radius 1 is 0.900 bits per heavy atom. The summed E-state index contributed by atoms with van der Waals surface area (Å²) in [5, 5.41) is 13.0. The number of fused-ring (bicyclic) bond motifs is 2. The molecule has 0 radical (unpaired) electrons. The summed E-state index contributed by atoms with van der Waals surface area (Å²) in [5.41, 5.74) is 8.09. The molecule has 0 saturated heterocycles. The summed E-state index contributed by atoms with van der Waals surface area (Å²) in [6.07, 6.45) is 0.633. The van der Waals surface area contributed by atoms with Crippen molar-refractivity contribution in [3.8, 4) is 0 Å². The topological polar surface area (TPSA) is 63.3 Å². The van der Waals surface area contributed by atoms with E-state index in [1.807, 2.05) is 48.5 Å². The van der Waals surface area contributed by atoms with Crippen LogP contribution in [0, 0.1) is 0 Å². The molecular formula is C17H15NO2. The lowest BCUT2D eigenvalue weighted by atomic mass is 9.92. The first-order valence-corrected chi connectivity index (χ1v) is 6.58. The Morgan fingerprint density at radius 2 is 1.35 bits per heavy atom. The Bertz CT molecular complexity index is 752. The van der Waals surface area contributed by atoms with E-state index < -0.39 is 5.97 Å². The summed E-state index contributed by atoms with van der Waals surface area (Å²) >= 11 is 0. The zero-order valence-corrected chi connectivity index (χ0v) is 11.0. The molecule has 0 atom stereocenters. The summed E-state index contributed by atoms with van der Waals surface area (Å²) in [5.74, 6) is -0.782. The molecule has 3 nitrogen and oxygen atoms in total. The molecule has 3 N–H and O–H groups in total. The third-order valence-electron chi connectivity index (χ3n) is 3.67. The Kier molecular flexibility index (Phi) is 3.03. The molecule has 0 heterocycles. The van der Waals surface area contributed by atoms with Gasteiger partial charge < -0.3 is 10.8 Å². The van der Waals surface area contributed by atoms with E-state index in [1.165, 1.54) is 0 Å². The molecular weight excluding hydrogens is 250 g/mol. The highest BCUT2D eigenvalue weighted by atomic mass is 16.4. The minimum atomic E-state index is -0.782. The number of aliphatic carboxylic acids is 1. The van der Waals surface area contributed by atoms with Crippen LogP contribution in [0.2, 0.25) is 0 Å². The molecule has 3 aromatic carbocycles. The Labute approximate surface area is 116 Å². The largest absolute Gasteiger partial charge is 0.481 e. The van der Waals surface area contributed by atoms with Gasteiger partial charge >= 0.3 is 5.97 Å². The summed E-state index contributed by atoms with van der Waals surface area (Å²) in [7, 11) is 0. The fraction of sp³-hybridized carbons (Fsp3) is 0.118. The highest BCUT2D eigenvalue weighted by molar-refractivity contribution is 6.12. The van der Waals surface area contributed by atoms with Crippen LogP contribution < -0.4 is 5.73 Å². The molecule has 0 amide bonds. The van der Waals surface area contributed by atoms with E-state index in [2.05, 4.69) is 0 Å². The number of nitrogens with two attached hydrogens (primary N) is 1. The number of anilines is 1. The van der Waals surface area contributed by atoms with Crippen LogP contribution >= 0.6 is 0 Å². The molecule has 0 fully saturated rings. The number of aryl methyl sites for hydroxylation is 1. The van der Waals surface area contributed by atoms with Gasteiger partial charge in [0, 0.05) is 22.9 Å². The van der Waals surface area contributed by atoms with Crippen molar-refractivity contribution in [3.63, 3.8) is 0 Å². The molecule has 0 aliphatic rings. The highest BCUT2D eigenvalue weighted by Crippen LogP contribution is 2.35. The number of carbonyl (C=O) groups is 1. The van der Waals surface area contributed by atoms with Crippen LogP contribution in [0.25, 0.3) is 21.5 Å². The third-order valence-corrected chi connectivity index (χ3v) is 3.67. The van der Waals surface area contributed by atoms with Crippen molar-refractivity contribution in [1.29, 1.82) is 0 Å². The molecule has 3 rings (SSSR count). The molecule has 100 valence electrons. The fourth-order valence-electron chi connectivity index (χ4n) is 2.75. The van der Waals surface area contributed by atoms with E-state index >= 15 is 0 Å². The number of carboxylic acid groups (broad SMARTS) is 1. The van der Waals surface area contributed by atoms with E-state index in [1.54, 1.807) is 0 Å². The van der Waals surface area contributed by atoms with Crippen LogP contribution in [-0.2, 0) is 11.2 Å². The lowest BCUT2D eigenvalue weighted by molar-refractivity contribution is -0.136.